The van der Waals surface area contributed by atoms with E-state index in [1.165, 1.54) is 53.1 Å². The summed E-state index contributed by atoms with van der Waals surface area (Å²) in [6.07, 6.45) is 2.42. The Hall–Kier alpha value is -5.68. The second kappa shape index (κ2) is 15.4. The lowest BCUT2D eigenvalue weighted by Gasteiger charge is -2.25. The molecule has 9 rings (SSSR count). The van der Waals surface area contributed by atoms with Crippen molar-refractivity contribution in [3.63, 3.8) is 0 Å². The maximum atomic E-state index is 8.49. The van der Waals surface area contributed by atoms with E-state index in [1.54, 1.807) is 0 Å². The van der Waals surface area contributed by atoms with Crippen LogP contribution in [0.2, 0.25) is 0 Å². The molecule has 2 aromatic heterocycles. The molecule has 0 fully saturated rings. The summed E-state index contributed by atoms with van der Waals surface area (Å²) in [7, 11) is -4.94. The SMILES string of the molecule is [O-][Cl+3]([O-])([O-])[O-].c1ccc(-c2c(N(c3ccccc3)c3ccccc3)sc3c2-c2c(sc(N(c4ccccc4)c4ccccc4)c2-c2ccccc2)[CH+]3)cc1. The number of nitrogens with zero attached hydrogens (tertiary/aromatic N) is 2. The molecular formula is C45H31ClN2O4S2. The Morgan fingerprint density at radius 2 is 0.593 bits per heavy atom. The van der Waals surface area contributed by atoms with Crippen LogP contribution < -0.4 is 28.4 Å². The molecule has 264 valence electrons. The Balaban J connectivity index is 0.000000778. The van der Waals surface area contributed by atoms with Crippen LogP contribution in [0.4, 0.5) is 32.8 Å². The maximum absolute atomic E-state index is 8.49. The van der Waals surface area contributed by atoms with Crippen LogP contribution in [0.3, 0.4) is 0 Å². The highest BCUT2D eigenvalue weighted by Gasteiger charge is 2.45. The highest BCUT2D eigenvalue weighted by atomic mass is 35.7. The van der Waals surface area contributed by atoms with Gasteiger partial charge in [-0.15, -0.1) is 10.2 Å². The molecule has 0 unspecified atom stereocenters. The average molecular weight is 763 g/mol. The molecule has 0 aliphatic heterocycles. The fraction of sp³-hybridized carbons (Fsp3) is 0. The van der Waals surface area contributed by atoms with Gasteiger partial charge >= 0.3 is 0 Å². The topological polar surface area (TPSA) is 98.7 Å². The molecule has 0 saturated carbocycles. The molecule has 0 N–H and O–H groups in total. The predicted molar refractivity (Wildman–Crippen MR) is 210 cm³/mol. The number of benzene rings is 6. The molecule has 0 atom stereocenters. The molecule has 2 heterocycles. The summed E-state index contributed by atoms with van der Waals surface area (Å²) >= 11 is 3.75. The quantitative estimate of drug-likeness (QED) is 0.144. The van der Waals surface area contributed by atoms with Crippen molar-refractivity contribution in [2.24, 2.45) is 0 Å². The van der Waals surface area contributed by atoms with E-state index in [9.17, 15) is 0 Å². The van der Waals surface area contributed by atoms with Crippen LogP contribution in [0.25, 0.3) is 33.4 Å². The first-order valence-electron chi connectivity index (χ1n) is 17.1. The zero-order chi connectivity index (χ0) is 37.1. The van der Waals surface area contributed by atoms with E-state index >= 15 is 0 Å². The Morgan fingerprint density at radius 3 is 0.852 bits per heavy atom. The summed E-state index contributed by atoms with van der Waals surface area (Å²) in [6, 6.07) is 64.9. The number of anilines is 6. The Morgan fingerprint density at radius 1 is 0.352 bits per heavy atom. The van der Waals surface area contributed by atoms with E-state index in [1.807, 2.05) is 22.7 Å². The van der Waals surface area contributed by atoms with Gasteiger partial charge in [0, 0.05) is 22.7 Å². The molecule has 6 nitrogen and oxygen atoms in total. The van der Waals surface area contributed by atoms with Crippen LogP contribution >= 0.6 is 22.7 Å². The van der Waals surface area contributed by atoms with Gasteiger partial charge in [0.1, 0.15) is 10.0 Å². The molecule has 0 amide bonds. The minimum Gasteiger partial charge on any atom is -0.300 e. The third kappa shape index (κ3) is 7.28. The first kappa shape index (κ1) is 35.4. The zero-order valence-electron chi connectivity index (χ0n) is 28.6. The molecule has 6 aromatic carbocycles. The molecule has 0 bridgehead atoms. The van der Waals surface area contributed by atoms with E-state index in [4.69, 9.17) is 18.6 Å². The highest BCUT2D eigenvalue weighted by molar-refractivity contribution is 7.20. The second-order valence-corrected chi connectivity index (χ2v) is 15.1. The molecule has 0 saturated heterocycles. The summed E-state index contributed by atoms with van der Waals surface area (Å²) in [5, 5.41) is 2.43. The smallest absolute Gasteiger partial charge is 0.161 e. The largest absolute Gasteiger partial charge is 0.300 e. The van der Waals surface area contributed by atoms with E-state index in [-0.39, 0.29) is 0 Å². The standard InChI is InChI=1S/C45H31N2S2.ClHO4/c1-7-19-32(20-8-1)40-42-38(48-44(40)46(34-23-11-3-12-24-34)35-25-13-4-14-26-35)31-39-43(42)41(33-21-9-2-10-22-33)45(49-39)47(36-27-15-5-16-28-36)37-29-17-6-18-30-37;2-1(3,4)5/h1-31H;(H,2,3,4,5)/q+1;/p-1. The molecule has 1 aliphatic rings. The molecule has 54 heavy (non-hydrogen) atoms. The fourth-order valence-electron chi connectivity index (χ4n) is 6.83. The third-order valence-electron chi connectivity index (χ3n) is 8.93. The van der Waals surface area contributed by atoms with Gasteiger partial charge in [-0.1, -0.05) is 156 Å². The van der Waals surface area contributed by atoms with Gasteiger partial charge in [-0.2, -0.15) is 0 Å². The van der Waals surface area contributed by atoms with E-state index in [2.05, 4.69) is 198 Å². The van der Waals surface area contributed by atoms with Crippen molar-refractivity contribution in [2.45, 2.75) is 0 Å². The van der Waals surface area contributed by atoms with Crippen molar-refractivity contribution >= 4 is 55.4 Å². The van der Waals surface area contributed by atoms with Crippen LogP contribution in [-0.4, -0.2) is 0 Å². The molecule has 0 spiro atoms. The van der Waals surface area contributed by atoms with Crippen LogP contribution in [0, 0.1) is 16.7 Å². The van der Waals surface area contributed by atoms with Crippen LogP contribution in [-0.2, 0) is 0 Å². The summed E-state index contributed by atoms with van der Waals surface area (Å²) in [5.74, 6) is 0. The van der Waals surface area contributed by atoms with Gasteiger partial charge in [-0.3, -0.25) is 0 Å². The van der Waals surface area contributed by atoms with Gasteiger partial charge in [0.25, 0.3) is 0 Å². The molecule has 9 heteroatoms. The van der Waals surface area contributed by atoms with Gasteiger partial charge in [0.15, 0.2) is 20.9 Å². The normalized spacial score (nSPS) is 11.5. The second-order valence-electron chi connectivity index (χ2n) is 12.3. The first-order valence-corrected chi connectivity index (χ1v) is 19.9. The lowest BCUT2D eigenvalue weighted by atomic mass is 9.93. The summed E-state index contributed by atoms with van der Waals surface area (Å²) < 4.78 is 34.0. The number of hydrogen-bond donors (Lipinski definition) is 0. The first-order chi connectivity index (χ1) is 26.3. The van der Waals surface area contributed by atoms with Crippen molar-refractivity contribution in [3.8, 4) is 33.4 Å². The fourth-order valence-corrected chi connectivity index (χ4v) is 9.53. The molecule has 0 radical (unpaired) electrons. The lowest BCUT2D eigenvalue weighted by Crippen LogP contribution is -2.68. The number of para-hydroxylation sites is 4. The van der Waals surface area contributed by atoms with Crippen molar-refractivity contribution in [1.29, 1.82) is 0 Å². The Kier molecular flexibility index (Phi) is 10.1. The van der Waals surface area contributed by atoms with Crippen molar-refractivity contribution in [2.75, 3.05) is 9.80 Å². The number of halogens is 1. The highest BCUT2D eigenvalue weighted by Crippen LogP contribution is 2.63. The lowest BCUT2D eigenvalue weighted by molar-refractivity contribution is -2.00. The minimum atomic E-state index is -4.94. The minimum absolute atomic E-state index is 1.14. The van der Waals surface area contributed by atoms with Crippen molar-refractivity contribution in [1.82, 2.24) is 0 Å². The van der Waals surface area contributed by atoms with Gasteiger partial charge < -0.3 is 9.80 Å². The number of thiophene rings is 2. The Bertz CT molecular complexity index is 2200. The van der Waals surface area contributed by atoms with E-state index in [0.717, 1.165) is 22.7 Å². The monoisotopic (exact) mass is 762 g/mol. The number of rotatable bonds is 8. The Labute approximate surface area is 324 Å². The van der Waals surface area contributed by atoms with Crippen molar-refractivity contribution in [3.05, 3.63) is 198 Å². The van der Waals surface area contributed by atoms with Crippen LogP contribution in [0.1, 0.15) is 9.75 Å². The summed E-state index contributed by atoms with van der Waals surface area (Å²) in [4.78, 5) is 7.44. The molecular weight excluding hydrogens is 732 g/mol. The van der Waals surface area contributed by atoms with E-state index < -0.39 is 10.2 Å². The number of hydrogen-bond acceptors (Lipinski definition) is 8. The number of fused-ring (bicyclic) bond motifs is 3. The van der Waals surface area contributed by atoms with Gasteiger partial charge in [0.05, 0.1) is 17.5 Å². The zero-order valence-corrected chi connectivity index (χ0v) is 31.0. The third-order valence-corrected chi connectivity index (χ3v) is 11.2. The van der Waals surface area contributed by atoms with Gasteiger partial charge in [0.2, 0.25) is 0 Å². The van der Waals surface area contributed by atoms with Crippen LogP contribution in [0.15, 0.2) is 182 Å². The predicted octanol–water partition coefficient (Wildman–Crippen LogP) is 8.91. The van der Waals surface area contributed by atoms with Crippen molar-refractivity contribution < 1.29 is 28.9 Å². The molecule has 8 aromatic rings. The summed E-state index contributed by atoms with van der Waals surface area (Å²) in [6.45, 7) is 0. The van der Waals surface area contributed by atoms with Crippen LogP contribution in [0.5, 0.6) is 0 Å². The average Bonchev–Trinajstić information content (AvgIpc) is 3.85. The maximum Gasteiger partial charge on any atom is 0.161 e. The van der Waals surface area contributed by atoms with E-state index in [0.29, 0.717) is 0 Å². The van der Waals surface area contributed by atoms with Gasteiger partial charge in [-0.05, 0) is 59.7 Å². The van der Waals surface area contributed by atoms with Gasteiger partial charge in [-0.25, -0.2) is 18.6 Å². The summed E-state index contributed by atoms with van der Waals surface area (Å²) in [5.41, 5.74) is 12.1. The molecule has 1 aliphatic carbocycles.